The van der Waals surface area contributed by atoms with Gasteiger partial charge in [-0.3, -0.25) is 0 Å². The van der Waals surface area contributed by atoms with Crippen molar-refractivity contribution in [3.63, 3.8) is 0 Å². The minimum atomic E-state index is -2.88. The lowest BCUT2D eigenvalue weighted by atomic mass is 10.1. The van der Waals surface area contributed by atoms with Gasteiger partial charge in [0.05, 0.1) is 17.6 Å². The van der Waals surface area contributed by atoms with Gasteiger partial charge in [0, 0.05) is 17.8 Å². The molecule has 0 saturated carbocycles. The summed E-state index contributed by atoms with van der Waals surface area (Å²) in [7, 11) is -2.88. The lowest BCUT2D eigenvalue weighted by molar-refractivity contribution is 0.217. The fourth-order valence-corrected chi connectivity index (χ4v) is 3.98. The zero-order valence-corrected chi connectivity index (χ0v) is 12.9. The summed E-state index contributed by atoms with van der Waals surface area (Å²) in [5.74, 6) is 1.37. The molecule has 1 aromatic rings. The Bertz CT molecular complexity index is 542. The van der Waals surface area contributed by atoms with Gasteiger partial charge < -0.3 is 10.1 Å². The van der Waals surface area contributed by atoms with Crippen LogP contribution in [-0.2, 0) is 9.84 Å². The number of nitrogens with one attached hydrogen (secondary N) is 1. The van der Waals surface area contributed by atoms with Crippen LogP contribution in [0.2, 0.25) is 0 Å². The molecule has 112 valence electrons. The Morgan fingerprint density at radius 2 is 2.25 bits per heavy atom. The van der Waals surface area contributed by atoms with Crippen LogP contribution in [-0.4, -0.2) is 32.1 Å². The van der Waals surface area contributed by atoms with Gasteiger partial charge in [-0.15, -0.1) is 0 Å². The summed E-state index contributed by atoms with van der Waals surface area (Å²) in [5.41, 5.74) is 0.924. The second-order valence-corrected chi connectivity index (χ2v) is 7.69. The van der Waals surface area contributed by atoms with E-state index in [0.717, 1.165) is 30.7 Å². The van der Waals surface area contributed by atoms with Crippen molar-refractivity contribution in [1.29, 1.82) is 0 Å². The van der Waals surface area contributed by atoms with E-state index in [-0.39, 0.29) is 17.9 Å². The Morgan fingerprint density at radius 1 is 1.45 bits per heavy atom. The van der Waals surface area contributed by atoms with Gasteiger partial charge in [-0.1, -0.05) is 13.0 Å². The van der Waals surface area contributed by atoms with Gasteiger partial charge in [0.1, 0.15) is 5.75 Å². The zero-order chi connectivity index (χ0) is 14.6. The van der Waals surface area contributed by atoms with E-state index in [1.54, 1.807) is 0 Å². The molecule has 1 aliphatic heterocycles. The highest BCUT2D eigenvalue weighted by molar-refractivity contribution is 7.91. The zero-order valence-electron chi connectivity index (χ0n) is 12.1. The fraction of sp³-hybridized carbons (Fsp3) is 0.600. The van der Waals surface area contributed by atoms with Gasteiger partial charge in [-0.05, 0) is 38.3 Å². The van der Waals surface area contributed by atoms with Crippen molar-refractivity contribution in [2.75, 3.05) is 16.8 Å². The van der Waals surface area contributed by atoms with Crippen molar-refractivity contribution in [3.05, 3.63) is 24.3 Å². The molecule has 1 fully saturated rings. The van der Waals surface area contributed by atoms with Crippen molar-refractivity contribution in [1.82, 2.24) is 0 Å². The average Bonchev–Trinajstić information content (AvgIpc) is 2.37. The van der Waals surface area contributed by atoms with Crippen LogP contribution in [0.1, 0.15) is 33.1 Å². The normalized spacial score (nSPS) is 23.0. The lowest BCUT2D eigenvalue weighted by Gasteiger charge is -2.24. The molecule has 1 heterocycles. The maximum atomic E-state index is 11.6. The minimum absolute atomic E-state index is 0.00704. The fourth-order valence-electron chi connectivity index (χ4n) is 2.35. The van der Waals surface area contributed by atoms with Crippen molar-refractivity contribution in [2.45, 2.75) is 45.3 Å². The van der Waals surface area contributed by atoms with Gasteiger partial charge in [0.2, 0.25) is 0 Å². The Balaban J connectivity index is 2.00. The van der Waals surface area contributed by atoms with Gasteiger partial charge in [0.15, 0.2) is 9.84 Å². The van der Waals surface area contributed by atoms with E-state index >= 15 is 0 Å². The highest BCUT2D eigenvalue weighted by atomic mass is 32.2. The van der Waals surface area contributed by atoms with Crippen molar-refractivity contribution in [3.8, 4) is 5.75 Å². The molecular weight excluding hydrogens is 274 g/mol. The predicted molar refractivity (Wildman–Crippen MR) is 82.1 cm³/mol. The van der Waals surface area contributed by atoms with Crippen LogP contribution in [0.25, 0.3) is 0 Å². The van der Waals surface area contributed by atoms with Gasteiger partial charge >= 0.3 is 0 Å². The quantitative estimate of drug-likeness (QED) is 0.908. The monoisotopic (exact) mass is 297 g/mol. The van der Waals surface area contributed by atoms with Crippen LogP contribution < -0.4 is 10.1 Å². The van der Waals surface area contributed by atoms with Crippen molar-refractivity contribution in [2.24, 2.45) is 0 Å². The molecular formula is C15H23NO3S. The Hall–Kier alpha value is -1.23. The first-order chi connectivity index (χ1) is 9.48. The number of benzene rings is 1. The standard InChI is InChI=1S/C15H23NO3S/c1-3-12(2)19-15-8-4-6-13(10-15)16-14-7-5-9-20(17,18)11-14/h4,6,8,10,12,14,16H,3,5,7,9,11H2,1-2H3. The number of sulfone groups is 1. The van der Waals surface area contributed by atoms with Crippen LogP contribution in [0.15, 0.2) is 24.3 Å². The summed E-state index contributed by atoms with van der Waals surface area (Å²) >= 11 is 0. The summed E-state index contributed by atoms with van der Waals surface area (Å²) < 4.78 is 29.1. The number of anilines is 1. The Labute approximate surface area is 121 Å². The van der Waals surface area contributed by atoms with Crippen LogP contribution >= 0.6 is 0 Å². The van der Waals surface area contributed by atoms with Gasteiger partial charge in [0.25, 0.3) is 0 Å². The van der Waals surface area contributed by atoms with E-state index in [1.807, 2.05) is 31.2 Å². The molecule has 1 saturated heterocycles. The second kappa shape index (κ2) is 6.48. The molecule has 5 heteroatoms. The summed E-state index contributed by atoms with van der Waals surface area (Å²) in [6.45, 7) is 4.12. The Morgan fingerprint density at radius 3 is 2.95 bits per heavy atom. The molecule has 2 rings (SSSR count). The number of ether oxygens (including phenoxy) is 1. The van der Waals surface area contributed by atoms with E-state index in [0.29, 0.717) is 5.75 Å². The van der Waals surface area contributed by atoms with Crippen LogP contribution in [0.4, 0.5) is 5.69 Å². The molecule has 2 atom stereocenters. The van der Waals surface area contributed by atoms with Gasteiger partial charge in [-0.25, -0.2) is 8.42 Å². The molecule has 1 aliphatic rings. The van der Waals surface area contributed by atoms with E-state index in [9.17, 15) is 8.42 Å². The summed E-state index contributed by atoms with van der Waals surface area (Å²) in [6.07, 6.45) is 2.78. The molecule has 0 aromatic heterocycles. The number of hydrogen-bond donors (Lipinski definition) is 1. The first kappa shape index (κ1) is 15.2. The molecule has 0 bridgehead atoms. The SMILES string of the molecule is CCC(C)Oc1cccc(NC2CCCS(=O)(=O)C2)c1. The maximum absolute atomic E-state index is 11.6. The van der Waals surface area contributed by atoms with Crippen LogP contribution in [0.5, 0.6) is 5.75 Å². The smallest absolute Gasteiger partial charge is 0.152 e. The molecule has 1 N–H and O–H groups in total. The van der Waals surface area contributed by atoms with E-state index < -0.39 is 9.84 Å². The molecule has 0 aliphatic carbocycles. The summed E-state index contributed by atoms with van der Waals surface area (Å²) in [6, 6.07) is 7.75. The highest BCUT2D eigenvalue weighted by Crippen LogP contribution is 2.22. The van der Waals surface area contributed by atoms with Crippen LogP contribution in [0, 0.1) is 0 Å². The van der Waals surface area contributed by atoms with Crippen LogP contribution in [0.3, 0.4) is 0 Å². The second-order valence-electron chi connectivity index (χ2n) is 5.46. The minimum Gasteiger partial charge on any atom is -0.491 e. The summed E-state index contributed by atoms with van der Waals surface area (Å²) in [5, 5.41) is 3.31. The van der Waals surface area contributed by atoms with Gasteiger partial charge in [-0.2, -0.15) is 0 Å². The molecule has 0 amide bonds. The summed E-state index contributed by atoms with van der Waals surface area (Å²) in [4.78, 5) is 0. The first-order valence-corrected chi connectivity index (χ1v) is 9.04. The molecule has 1 aromatic carbocycles. The largest absolute Gasteiger partial charge is 0.491 e. The molecule has 0 spiro atoms. The third-order valence-corrected chi connectivity index (χ3v) is 5.40. The topological polar surface area (TPSA) is 55.4 Å². The number of hydrogen-bond acceptors (Lipinski definition) is 4. The third-order valence-electron chi connectivity index (χ3n) is 3.58. The lowest BCUT2D eigenvalue weighted by Crippen LogP contribution is -2.34. The van der Waals surface area contributed by atoms with E-state index in [1.165, 1.54) is 0 Å². The van der Waals surface area contributed by atoms with Crippen molar-refractivity contribution < 1.29 is 13.2 Å². The molecule has 0 radical (unpaired) electrons. The first-order valence-electron chi connectivity index (χ1n) is 7.22. The predicted octanol–water partition coefficient (Wildman–Crippen LogP) is 2.85. The number of rotatable bonds is 5. The highest BCUT2D eigenvalue weighted by Gasteiger charge is 2.24. The third kappa shape index (κ3) is 4.40. The molecule has 2 unspecified atom stereocenters. The maximum Gasteiger partial charge on any atom is 0.152 e. The molecule has 20 heavy (non-hydrogen) atoms. The van der Waals surface area contributed by atoms with Crippen molar-refractivity contribution >= 4 is 15.5 Å². The average molecular weight is 297 g/mol. The van der Waals surface area contributed by atoms with E-state index in [2.05, 4.69) is 12.2 Å². The Kier molecular flexibility index (Phi) is 4.91. The van der Waals surface area contributed by atoms with E-state index in [4.69, 9.17) is 4.74 Å². The molecule has 4 nitrogen and oxygen atoms in total.